The fraction of sp³-hybridized carbons (Fsp3) is 0.533. The fourth-order valence-corrected chi connectivity index (χ4v) is 2.06. The first kappa shape index (κ1) is 14.7. The SMILES string of the molecule is CCCN(CCN)C(=O)CCc1cccc(C)c1. The van der Waals surface area contributed by atoms with Crippen molar-refractivity contribution in [1.82, 2.24) is 4.90 Å². The van der Waals surface area contributed by atoms with E-state index >= 15 is 0 Å². The number of benzene rings is 1. The van der Waals surface area contributed by atoms with Gasteiger partial charge in [0.25, 0.3) is 0 Å². The van der Waals surface area contributed by atoms with E-state index in [1.54, 1.807) is 0 Å². The number of hydrogen-bond acceptors (Lipinski definition) is 2. The third-order valence-corrected chi connectivity index (χ3v) is 2.96. The highest BCUT2D eigenvalue weighted by atomic mass is 16.2. The van der Waals surface area contributed by atoms with Crippen molar-refractivity contribution in [2.45, 2.75) is 33.1 Å². The van der Waals surface area contributed by atoms with Crippen LogP contribution in [0, 0.1) is 6.92 Å². The second kappa shape index (κ2) is 7.88. The van der Waals surface area contributed by atoms with E-state index in [-0.39, 0.29) is 5.91 Å². The average molecular weight is 248 g/mol. The Morgan fingerprint density at radius 1 is 1.33 bits per heavy atom. The quantitative estimate of drug-likeness (QED) is 0.803. The molecule has 0 bridgehead atoms. The van der Waals surface area contributed by atoms with Crippen LogP contribution in [0.4, 0.5) is 0 Å². The van der Waals surface area contributed by atoms with Gasteiger partial charge in [0, 0.05) is 26.1 Å². The minimum atomic E-state index is 0.212. The Morgan fingerprint density at radius 2 is 2.11 bits per heavy atom. The van der Waals surface area contributed by atoms with Gasteiger partial charge < -0.3 is 10.6 Å². The van der Waals surface area contributed by atoms with Crippen LogP contribution in [0.3, 0.4) is 0 Å². The van der Waals surface area contributed by atoms with Gasteiger partial charge in [0.1, 0.15) is 0 Å². The second-order valence-corrected chi connectivity index (χ2v) is 4.66. The van der Waals surface area contributed by atoms with Gasteiger partial charge in [-0.05, 0) is 25.3 Å². The molecule has 100 valence electrons. The van der Waals surface area contributed by atoms with Gasteiger partial charge in [0.15, 0.2) is 0 Å². The molecule has 1 aromatic rings. The normalized spacial score (nSPS) is 10.4. The fourth-order valence-electron chi connectivity index (χ4n) is 2.06. The Bertz CT molecular complexity index is 371. The number of aryl methyl sites for hydroxylation is 2. The van der Waals surface area contributed by atoms with Gasteiger partial charge in [-0.1, -0.05) is 36.8 Å². The molecule has 3 nitrogen and oxygen atoms in total. The lowest BCUT2D eigenvalue weighted by molar-refractivity contribution is -0.131. The van der Waals surface area contributed by atoms with Gasteiger partial charge in [-0.25, -0.2) is 0 Å². The number of hydrogen-bond donors (Lipinski definition) is 1. The van der Waals surface area contributed by atoms with Crippen molar-refractivity contribution in [1.29, 1.82) is 0 Å². The summed E-state index contributed by atoms with van der Waals surface area (Å²) in [7, 11) is 0. The van der Waals surface area contributed by atoms with E-state index in [2.05, 4.69) is 32.0 Å². The number of carbonyl (C=O) groups is 1. The molecule has 0 fully saturated rings. The second-order valence-electron chi connectivity index (χ2n) is 4.66. The lowest BCUT2D eigenvalue weighted by atomic mass is 10.1. The van der Waals surface area contributed by atoms with E-state index in [1.807, 2.05) is 11.0 Å². The lowest BCUT2D eigenvalue weighted by Crippen LogP contribution is -2.36. The maximum atomic E-state index is 12.1. The summed E-state index contributed by atoms with van der Waals surface area (Å²) in [6.07, 6.45) is 2.37. The zero-order valence-corrected chi connectivity index (χ0v) is 11.5. The van der Waals surface area contributed by atoms with Crippen molar-refractivity contribution in [2.75, 3.05) is 19.6 Å². The molecule has 0 saturated heterocycles. The van der Waals surface area contributed by atoms with E-state index in [0.717, 1.165) is 19.4 Å². The van der Waals surface area contributed by atoms with Crippen LogP contribution in [0.1, 0.15) is 30.9 Å². The van der Waals surface area contributed by atoms with Crippen molar-refractivity contribution < 1.29 is 4.79 Å². The molecule has 0 aromatic heterocycles. The molecule has 18 heavy (non-hydrogen) atoms. The highest BCUT2D eigenvalue weighted by molar-refractivity contribution is 5.76. The van der Waals surface area contributed by atoms with Crippen molar-refractivity contribution in [3.8, 4) is 0 Å². The van der Waals surface area contributed by atoms with Crippen molar-refractivity contribution in [3.05, 3.63) is 35.4 Å². The number of rotatable bonds is 7. The summed E-state index contributed by atoms with van der Waals surface area (Å²) in [5.74, 6) is 0.212. The van der Waals surface area contributed by atoms with Gasteiger partial charge in [-0.3, -0.25) is 4.79 Å². The van der Waals surface area contributed by atoms with Crippen LogP contribution in [-0.4, -0.2) is 30.4 Å². The van der Waals surface area contributed by atoms with Crippen LogP contribution < -0.4 is 5.73 Å². The highest BCUT2D eigenvalue weighted by Gasteiger charge is 2.11. The van der Waals surface area contributed by atoms with Crippen LogP contribution in [0.5, 0.6) is 0 Å². The van der Waals surface area contributed by atoms with Crippen molar-refractivity contribution >= 4 is 5.91 Å². The molecular weight excluding hydrogens is 224 g/mol. The molecule has 1 aromatic carbocycles. The van der Waals surface area contributed by atoms with Gasteiger partial charge >= 0.3 is 0 Å². The van der Waals surface area contributed by atoms with E-state index in [1.165, 1.54) is 11.1 Å². The Morgan fingerprint density at radius 3 is 2.72 bits per heavy atom. The Hall–Kier alpha value is -1.35. The third-order valence-electron chi connectivity index (χ3n) is 2.96. The predicted octanol–water partition coefficient (Wildman–Crippen LogP) is 2.12. The summed E-state index contributed by atoms with van der Waals surface area (Å²) in [6, 6.07) is 8.33. The molecule has 1 amide bonds. The number of carbonyl (C=O) groups excluding carboxylic acids is 1. The molecule has 3 heteroatoms. The first-order valence-corrected chi connectivity index (χ1v) is 6.70. The standard InChI is InChI=1S/C15H24N2O/c1-3-10-17(11-9-16)15(18)8-7-14-6-4-5-13(2)12-14/h4-6,12H,3,7-11,16H2,1-2H3. The predicted molar refractivity (Wildman–Crippen MR) is 75.4 cm³/mol. The highest BCUT2D eigenvalue weighted by Crippen LogP contribution is 2.08. The van der Waals surface area contributed by atoms with Crippen molar-refractivity contribution in [3.63, 3.8) is 0 Å². The maximum Gasteiger partial charge on any atom is 0.222 e. The summed E-state index contributed by atoms with van der Waals surface area (Å²) in [5, 5.41) is 0. The van der Waals surface area contributed by atoms with Gasteiger partial charge in [-0.2, -0.15) is 0 Å². The van der Waals surface area contributed by atoms with Crippen LogP contribution in [0.25, 0.3) is 0 Å². The Kier molecular flexibility index (Phi) is 6.44. The monoisotopic (exact) mass is 248 g/mol. The topological polar surface area (TPSA) is 46.3 Å². The average Bonchev–Trinajstić information content (AvgIpc) is 2.36. The van der Waals surface area contributed by atoms with Gasteiger partial charge in [-0.15, -0.1) is 0 Å². The molecule has 1 rings (SSSR count). The minimum absolute atomic E-state index is 0.212. The van der Waals surface area contributed by atoms with E-state index in [0.29, 0.717) is 19.5 Å². The van der Waals surface area contributed by atoms with Gasteiger partial charge in [0.05, 0.1) is 0 Å². The first-order valence-electron chi connectivity index (χ1n) is 6.70. The number of nitrogens with two attached hydrogens (primary N) is 1. The van der Waals surface area contributed by atoms with Crippen LogP contribution in [-0.2, 0) is 11.2 Å². The summed E-state index contributed by atoms with van der Waals surface area (Å²) in [4.78, 5) is 13.9. The van der Waals surface area contributed by atoms with Crippen LogP contribution in [0.2, 0.25) is 0 Å². The maximum absolute atomic E-state index is 12.1. The first-order chi connectivity index (χ1) is 8.67. The molecule has 0 atom stereocenters. The molecule has 2 N–H and O–H groups in total. The number of nitrogens with zero attached hydrogens (tertiary/aromatic N) is 1. The van der Waals surface area contributed by atoms with E-state index in [4.69, 9.17) is 5.73 Å². The molecule has 0 heterocycles. The Labute approximate surface area is 110 Å². The Balaban J connectivity index is 2.48. The molecule has 0 aliphatic rings. The zero-order chi connectivity index (χ0) is 13.4. The molecule has 0 aliphatic carbocycles. The molecule has 0 saturated carbocycles. The summed E-state index contributed by atoms with van der Waals surface area (Å²) >= 11 is 0. The lowest BCUT2D eigenvalue weighted by Gasteiger charge is -2.21. The summed E-state index contributed by atoms with van der Waals surface area (Å²) in [6.45, 7) is 6.17. The van der Waals surface area contributed by atoms with E-state index in [9.17, 15) is 4.79 Å². The largest absolute Gasteiger partial charge is 0.341 e. The van der Waals surface area contributed by atoms with Crippen LogP contribution >= 0.6 is 0 Å². The summed E-state index contributed by atoms with van der Waals surface area (Å²) in [5.41, 5.74) is 8.00. The van der Waals surface area contributed by atoms with Crippen LogP contribution in [0.15, 0.2) is 24.3 Å². The zero-order valence-electron chi connectivity index (χ0n) is 11.5. The van der Waals surface area contributed by atoms with E-state index < -0.39 is 0 Å². The number of amides is 1. The third kappa shape index (κ3) is 4.88. The molecule has 0 unspecified atom stereocenters. The molecule has 0 spiro atoms. The smallest absolute Gasteiger partial charge is 0.222 e. The molecular formula is C15H24N2O. The minimum Gasteiger partial charge on any atom is -0.341 e. The van der Waals surface area contributed by atoms with Crippen molar-refractivity contribution in [2.24, 2.45) is 5.73 Å². The molecule has 0 radical (unpaired) electrons. The summed E-state index contributed by atoms with van der Waals surface area (Å²) < 4.78 is 0. The van der Waals surface area contributed by atoms with Gasteiger partial charge in [0.2, 0.25) is 5.91 Å². The molecule has 0 aliphatic heterocycles.